The Morgan fingerprint density at radius 2 is 2.06 bits per heavy atom. The first-order valence-corrected chi connectivity index (χ1v) is 7.25. The van der Waals surface area contributed by atoms with Crippen LogP contribution in [-0.4, -0.2) is 55.1 Å². The molecule has 1 aliphatic carbocycles. The summed E-state index contributed by atoms with van der Waals surface area (Å²) in [6.45, 7) is 5.59. The molecule has 3 nitrogen and oxygen atoms in total. The molecule has 2 atom stereocenters. The second-order valence-corrected chi connectivity index (χ2v) is 6.09. The second kappa shape index (κ2) is 5.25. The summed E-state index contributed by atoms with van der Waals surface area (Å²) in [5.74, 6) is 0.856. The molecule has 1 saturated heterocycles. The first-order chi connectivity index (χ1) is 8.14. The molecule has 100 valence electrons. The summed E-state index contributed by atoms with van der Waals surface area (Å²) in [5.41, 5.74) is 6.39. The van der Waals surface area contributed by atoms with E-state index in [-0.39, 0.29) is 5.54 Å². The van der Waals surface area contributed by atoms with E-state index in [9.17, 15) is 0 Å². The molecule has 0 radical (unpaired) electrons. The van der Waals surface area contributed by atoms with E-state index in [0.717, 1.165) is 18.5 Å². The molecule has 0 spiro atoms. The minimum absolute atomic E-state index is 0.281. The van der Waals surface area contributed by atoms with Gasteiger partial charge < -0.3 is 10.6 Å². The van der Waals surface area contributed by atoms with Gasteiger partial charge in [-0.05, 0) is 58.7 Å². The number of nitrogens with two attached hydrogens (primary N) is 1. The maximum atomic E-state index is 6.11. The van der Waals surface area contributed by atoms with Gasteiger partial charge in [-0.3, -0.25) is 4.90 Å². The largest absolute Gasteiger partial charge is 0.329 e. The van der Waals surface area contributed by atoms with Crippen LogP contribution in [0, 0.1) is 5.92 Å². The van der Waals surface area contributed by atoms with E-state index in [2.05, 4.69) is 30.8 Å². The number of rotatable bonds is 6. The van der Waals surface area contributed by atoms with Gasteiger partial charge in [0.2, 0.25) is 0 Å². The van der Waals surface area contributed by atoms with Gasteiger partial charge >= 0.3 is 0 Å². The lowest BCUT2D eigenvalue weighted by Crippen LogP contribution is -2.56. The molecule has 2 rings (SSSR count). The summed E-state index contributed by atoms with van der Waals surface area (Å²) < 4.78 is 0. The zero-order valence-corrected chi connectivity index (χ0v) is 11.8. The van der Waals surface area contributed by atoms with Crippen molar-refractivity contribution in [3.8, 4) is 0 Å². The van der Waals surface area contributed by atoms with E-state index in [1.54, 1.807) is 0 Å². The predicted molar refractivity (Wildman–Crippen MR) is 73.1 cm³/mol. The van der Waals surface area contributed by atoms with Crippen LogP contribution in [0.3, 0.4) is 0 Å². The molecular weight excluding hydrogens is 210 g/mol. The van der Waals surface area contributed by atoms with E-state index in [0.29, 0.717) is 0 Å². The molecule has 2 aliphatic rings. The number of nitrogens with zero attached hydrogens (tertiary/aromatic N) is 2. The van der Waals surface area contributed by atoms with Crippen LogP contribution in [0.4, 0.5) is 0 Å². The van der Waals surface area contributed by atoms with E-state index in [1.807, 2.05) is 0 Å². The molecule has 0 aromatic carbocycles. The normalized spacial score (nSPS) is 29.8. The van der Waals surface area contributed by atoms with Crippen LogP contribution >= 0.6 is 0 Å². The maximum Gasteiger partial charge on any atom is 0.0354 e. The number of likely N-dealkylation sites (tertiary alicyclic amines) is 1. The fourth-order valence-electron chi connectivity index (χ4n) is 3.67. The highest BCUT2D eigenvalue weighted by Crippen LogP contribution is 2.44. The van der Waals surface area contributed by atoms with Gasteiger partial charge in [0, 0.05) is 24.7 Å². The van der Waals surface area contributed by atoms with Crippen LogP contribution in [0.2, 0.25) is 0 Å². The highest BCUT2D eigenvalue weighted by Gasteiger charge is 2.46. The highest BCUT2D eigenvalue weighted by atomic mass is 15.3. The molecule has 2 unspecified atom stereocenters. The quantitative estimate of drug-likeness (QED) is 0.763. The van der Waals surface area contributed by atoms with Crippen LogP contribution in [0.25, 0.3) is 0 Å². The predicted octanol–water partition coefficient (Wildman–Crippen LogP) is 1.53. The zero-order valence-electron chi connectivity index (χ0n) is 11.8. The van der Waals surface area contributed by atoms with E-state index in [4.69, 9.17) is 5.73 Å². The van der Waals surface area contributed by atoms with E-state index < -0.39 is 0 Å². The van der Waals surface area contributed by atoms with Crippen molar-refractivity contribution in [1.29, 1.82) is 0 Å². The van der Waals surface area contributed by atoms with Gasteiger partial charge in [0.25, 0.3) is 0 Å². The maximum absolute atomic E-state index is 6.11. The highest BCUT2D eigenvalue weighted by molar-refractivity contribution is 5.02. The van der Waals surface area contributed by atoms with Crippen LogP contribution < -0.4 is 5.73 Å². The monoisotopic (exact) mass is 239 g/mol. The van der Waals surface area contributed by atoms with Gasteiger partial charge in [-0.25, -0.2) is 0 Å². The molecule has 2 N–H and O–H groups in total. The Hall–Kier alpha value is -0.120. The van der Waals surface area contributed by atoms with E-state index in [1.165, 1.54) is 45.2 Å². The Bertz CT molecular complexity index is 246. The lowest BCUT2D eigenvalue weighted by molar-refractivity contribution is 0.0724. The third-order valence-electron chi connectivity index (χ3n) is 5.22. The summed E-state index contributed by atoms with van der Waals surface area (Å²) in [6, 6.07) is 0.747. The van der Waals surface area contributed by atoms with Crippen molar-refractivity contribution in [2.75, 3.05) is 33.7 Å². The van der Waals surface area contributed by atoms with Gasteiger partial charge in [0.15, 0.2) is 0 Å². The van der Waals surface area contributed by atoms with Crippen molar-refractivity contribution in [3.05, 3.63) is 0 Å². The molecule has 0 bridgehead atoms. The SMILES string of the molecule is CCC(CN)(C1CC1)N(C)CC1CCCN1C. The van der Waals surface area contributed by atoms with Crippen LogP contribution in [0.1, 0.15) is 39.0 Å². The van der Waals surface area contributed by atoms with Crippen molar-refractivity contribution in [1.82, 2.24) is 9.80 Å². The molecular formula is C14H29N3. The van der Waals surface area contributed by atoms with E-state index >= 15 is 0 Å². The Balaban J connectivity index is 1.98. The Morgan fingerprint density at radius 1 is 1.35 bits per heavy atom. The van der Waals surface area contributed by atoms with Crippen LogP contribution in [0.5, 0.6) is 0 Å². The summed E-state index contributed by atoms with van der Waals surface area (Å²) in [7, 11) is 4.56. The molecule has 2 fully saturated rings. The molecule has 0 aromatic heterocycles. The van der Waals surface area contributed by atoms with Crippen molar-refractivity contribution in [3.63, 3.8) is 0 Å². The average molecular weight is 239 g/mol. The number of likely N-dealkylation sites (N-methyl/N-ethyl adjacent to an activating group) is 2. The topological polar surface area (TPSA) is 32.5 Å². The smallest absolute Gasteiger partial charge is 0.0354 e. The van der Waals surface area contributed by atoms with Crippen molar-refractivity contribution in [2.45, 2.75) is 50.6 Å². The second-order valence-electron chi connectivity index (χ2n) is 6.09. The first-order valence-electron chi connectivity index (χ1n) is 7.25. The third-order valence-corrected chi connectivity index (χ3v) is 5.22. The number of hydrogen-bond acceptors (Lipinski definition) is 3. The average Bonchev–Trinajstić information content (AvgIpc) is 3.08. The number of hydrogen-bond donors (Lipinski definition) is 1. The molecule has 0 amide bonds. The molecule has 3 heteroatoms. The lowest BCUT2D eigenvalue weighted by Gasteiger charge is -2.43. The van der Waals surface area contributed by atoms with Crippen molar-refractivity contribution < 1.29 is 0 Å². The molecule has 1 aliphatic heterocycles. The summed E-state index contributed by atoms with van der Waals surface area (Å²) in [6.07, 6.45) is 6.68. The fourth-order valence-corrected chi connectivity index (χ4v) is 3.67. The van der Waals surface area contributed by atoms with Gasteiger partial charge in [0.05, 0.1) is 0 Å². The van der Waals surface area contributed by atoms with Gasteiger partial charge in [-0.2, -0.15) is 0 Å². The fraction of sp³-hybridized carbons (Fsp3) is 1.00. The van der Waals surface area contributed by atoms with Gasteiger partial charge in [-0.1, -0.05) is 6.92 Å². The minimum atomic E-state index is 0.281. The molecule has 1 saturated carbocycles. The Labute approximate surface area is 106 Å². The van der Waals surface area contributed by atoms with Gasteiger partial charge in [-0.15, -0.1) is 0 Å². The van der Waals surface area contributed by atoms with Crippen LogP contribution in [0.15, 0.2) is 0 Å². The zero-order chi connectivity index (χ0) is 12.5. The summed E-state index contributed by atoms with van der Waals surface area (Å²) in [4.78, 5) is 5.09. The molecule has 0 aromatic rings. The van der Waals surface area contributed by atoms with Crippen molar-refractivity contribution in [2.24, 2.45) is 11.7 Å². The standard InChI is InChI=1S/C14H29N3/c1-4-14(11-15,12-7-8-12)17(3)10-13-6-5-9-16(13)2/h12-13H,4-11,15H2,1-3H3. The minimum Gasteiger partial charge on any atom is -0.329 e. The van der Waals surface area contributed by atoms with Crippen LogP contribution in [-0.2, 0) is 0 Å². The molecule has 17 heavy (non-hydrogen) atoms. The third kappa shape index (κ3) is 2.51. The first kappa shape index (κ1) is 13.3. The lowest BCUT2D eigenvalue weighted by atomic mass is 9.88. The van der Waals surface area contributed by atoms with Gasteiger partial charge in [0.1, 0.15) is 0 Å². The Kier molecular flexibility index (Phi) is 4.11. The summed E-state index contributed by atoms with van der Waals surface area (Å²) in [5, 5.41) is 0. The Morgan fingerprint density at radius 3 is 2.47 bits per heavy atom. The van der Waals surface area contributed by atoms with Crippen molar-refractivity contribution >= 4 is 0 Å². The molecule has 1 heterocycles. The summed E-state index contributed by atoms with van der Waals surface area (Å²) >= 11 is 0.